The van der Waals surface area contributed by atoms with Gasteiger partial charge in [-0.15, -0.1) is 13.2 Å². The first-order valence-electron chi connectivity index (χ1n) is 6.44. The van der Waals surface area contributed by atoms with Gasteiger partial charge < -0.3 is 10.2 Å². The van der Waals surface area contributed by atoms with Gasteiger partial charge in [-0.3, -0.25) is 0 Å². The topological polar surface area (TPSA) is 40.5 Å². The van der Waals surface area contributed by atoms with Crippen molar-refractivity contribution < 1.29 is 10.2 Å². The van der Waals surface area contributed by atoms with Crippen LogP contribution in [0.4, 0.5) is 0 Å². The van der Waals surface area contributed by atoms with Gasteiger partial charge in [0.15, 0.2) is 0 Å². The van der Waals surface area contributed by atoms with Gasteiger partial charge in [0.1, 0.15) is 11.5 Å². The van der Waals surface area contributed by atoms with Crippen molar-refractivity contribution in [2.75, 3.05) is 0 Å². The van der Waals surface area contributed by atoms with Gasteiger partial charge in [0, 0.05) is 0 Å². The average molecular weight is 272 g/mol. The number of phenolic OH excluding ortho intramolecular Hbond substituents is 2. The van der Waals surface area contributed by atoms with E-state index in [0.29, 0.717) is 11.5 Å². The Morgan fingerprint density at radius 1 is 0.750 bits per heavy atom. The molecule has 2 nitrogen and oxygen atoms in total. The molecule has 0 aromatic heterocycles. The predicted octanol–water partition coefficient (Wildman–Crippen LogP) is 4.88. The summed E-state index contributed by atoms with van der Waals surface area (Å²) in [5.74, 6) is 0.711. The fourth-order valence-corrected chi connectivity index (χ4v) is 1.54. The van der Waals surface area contributed by atoms with Crippen molar-refractivity contribution in [3.63, 3.8) is 0 Å². The summed E-state index contributed by atoms with van der Waals surface area (Å²) >= 11 is 0. The van der Waals surface area contributed by atoms with Gasteiger partial charge in [0.2, 0.25) is 0 Å². The lowest BCUT2D eigenvalue weighted by atomic mass is 9.86. The molecular formula is C18H24O2. The zero-order valence-corrected chi connectivity index (χ0v) is 12.5. The molecule has 0 saturated carbocycles. The maximum absolute atomic E-state index is 9.45. The molecule has 0 bridgehead atoms. The van der Waals surface area contributed by atoms with Crippen LogP contribution in [0.2, 0.25) is 0 Å². The first kappa shape index (κ1) is 17.8. The average Bonchev–Trinajstić information content (AvgIpc) is 2.42. The summed E-state index contributed by atoms with van der Waals surface area (Å²) in [5, 5.41) is 18.1. The van der Waals surface area contributed by atoms with Crippen molar-refractivity contribution in [3.8, 4) is 11.5 Å². The fraction of sp³-hybridized carbons (Fsp3) is 0.222. The van der Waals surface area contributed by atoms with Gasteiger partial charge in [-0.2, -0.15) is 0 Å². The SMILES string of the molecule is C=C.CC(C)(C)c1ccccc1O.Oc1ccccc1. The number of hydrogen-bond acceptors (Lipinski definition) is 2. The lowest BCUT2D eigenvalue weighted by Crippen LogP contribution is -2.10. The molecule has 0 amide bonds. The Kier molecular flexibility index (Phi) is 7.83. The Balaban J connectivity index is 0.000000345. The van der Waals surface area contributed by atoms with E-state index >= 15 is 0 Å². The highest BCUT2D eigenvalue weighted by atomic mass is 16.3. The normalized spacial score (nSPS) is 9.55. The Morgan fingerprint density at radius 2 is 1.20 bits per heavy atom. The number of aromatic hydroxyl groups is 2. The molecule has 0 atom stereocenters. The molecule has 0 unspecified atom stereocenters. The van der Waals surface area contributed by atoms with Crippen LogP contribution in [-0.2, 0) is 5.41 Å². The van der Waals surface area contributed by atoms with Gasteiger partial charge in [-0.1, -0.05) is 57.2 Å². The van der Waals surface area contributed by atoms with E-state index in [0.717, 1.165) is 5.56 Å². The molecule has 0 aliphatic heterocycles. The van der Waals surface area contributed by atoms with Crippen molar-refractivity contribution in [1.82, 2.24) is 0 Å². The second kappa shape index (κ2) is 8.81. The van der Waals surface area contributed by atoms with E-state index in [1.807, 2.05) is 24.3 Å². The van der Waals surface area contributed by atoms with Crippen LogP contribution in [0.1, 0.15) is 26.3 Å². The Labute approximate surface area is 122 Å². The van der Waals surface area contributed by atoms with Gasteiger partial charge in [-0.05, 0) is 29.2 Å². The van der Waals surface area contributed by atoms with Gasteiger partial charge in [0.05, 0.1) is 0 Å². The van der Waals surface area contributed by atoms with E-state index in [1.165, 1.54) is 0 Å². The fourth-order valence-electron chi connectivity index (χ4n) is 1.54. The molecule has 0 radical (unpaired) electrons. The highest BCUT2D eigenvalue weighted by Gasteiger charge is 2.16. The third-order valence-electron chi connectivity index (χ3n) is 2.47. The second-order valence-electron chi connectivity index (χ2n) is 5.10. The van der Waals surface area contributed by atoms with E-state index in [2.05, 4.69) is 33.9 Å². The molecule has 2 aromatic carbocycles. The minimum atomic E-state index is 0.0331. The van der Waals surface area contributed by atoms with Crippen LogP contribution in [0.15, 0.2) is 67.8 Å². The third-order valence-corrected chi connectivity index (χ3v) is 2.47. The molecule has 0 saturated heterocycles. The zero-order chi connectivity index (χ0) is 15.6. The van der Waals surface area contributed by atoms with Crippen LogP contribution in [0.3, 0.4) is 0 Å². The molecule has 2 heteroatoms. The minimum Gasteiger partial charge on any atom is -0.508 e. The smallest absolute Gasteiger partial charge is 0.119 e. The van der Waals surface area contributed by atoms with E-state index in [9.17, 15) is 5.11 Å². The van der Waals surface area contributed by atoms with Gasteiger partial charge in [-0.25, -0.2) is 0 Å². The van der Waals surface area contributed by atoms with Crippen molar-refractivity contribution >= 4 is 0 Å². The minimum absolute atomic E-state index is 0.0331. The first-order valence-corrected chi connectivity index (χ1v) is 6.44. The van der Waals surface area contributed by atoms with Crippen molar-refractivity contribution in [2.45, 2.75) is 26.2 Å². The number of phenols is 2. The van der Waals surface area contributed by atoms with Gasteiger partial charge >= 0.3 is 0 Å². The van der Waals surface area contributed by atoms with Crippen molar-refractivity contribution in [2.24, 2.45) is 0 Å². The number of benzene rings is 2. The summed E-state index contributed by atoms with van der Waals surface area (Å²) in [7, 11) is 0. The van der Waals surface area contributed by atoms with Gasteiger partial charge in [0.25, 0.3) is 0 Å². The van der Waals surface area contributed by atoms with E-state index in [1.54, 1.807) is 30.3 Å². The molecule has 0 fully saturated rings. The molecule has 20 heavy (non-hydrogen) atoms. The van der Waals surface area contributed by atoms with Crippen LogP contribution in [-0.4, -0.2) is 10.2 Å². The molecule has 2 N–H and O–H groups in total. The zero-order valence-electron chi connectivity index (χ0n) is 12.5. The molecule has 0 aliphatic carbocycles. The van der Waals surface area contributed by atoms with Crippen molar-refractivity contribution in [1.29, 1.82) is 0 Å². The maximum atomic E-state index is 9.45. The first-order chi connectivity index (χ1) is 9.41. The molecule has 0 spiro atoms. The van der Waals surface area contributed by atoms with Crippen LogP contribution >= 0.6 is 0 Å². The number of hydrogen-bond donors (Lipinski definition) is 2. The van der Waals surface area contributed by atoms with Crippen LogP contribution < -0.4 is 0 Å². The number of rotatable bonds is 0. The monoisotopic (exact) mass is 272 g/mol. The molecule has 0 aliphatic rings. The third kappa shape index (κ3) is 6.64. The number of para-hydroxylation sites is 2. The van der Waals surface area contributed by atoms with Crippen LogP contribution in [0, 0.1) is 0 Å². The summed E-state index contributed by atoms with van der Waals surface area (Å²) in [4.78, 5) is 0. The second-order valence-corrected chi connectivity index (χ2v) is 5.10. The summed E-state index contributed by atoms with van der Waals surface area (Å²) in [5.41, 5.74) is 1.03. The van der Waals surface area contributed by atoms with Crippen LogP contribution in [0.5, 0.6) is 11.5 Å². The summed E-state index contributed by atoms with van der Waals surface area (Å²) in [6.07, 6.45) is 0. The predicted molar refractivity (Wildman–Crippen MR) is 86.2 cm³/mol. The lowest BCUT2D eigenvalue weighted by Gasteiger charge is -2.19. The van der Waals surface area contributed by atoms with E-state index < -0.39 is 0 Å². The molecule has 2 rings (SSSR count). The summed E-state index contributed by atoms with van der Waals surface area (Å²) < 4.78 is 0. The quantitative estimate of drug-likeness (QED) is 0.671. The summed E-state index contributed by atoms with van der Waals surface area (Å²) in [6, 6.07) is 16.2. The Hall–Kier alpha value is -2.22. The highest BCUT2D eigenvalue weighted by Crippen LogP contribution is 2.29. The largest absolute Gasteiger partial charge is 0.508 e. The molecule has 0 heterocycles. The Bertz CT molecular complexity index is 484. The molecule has 2 aromatic rings. The molecule has 108 valence electrons. The van der Waals surface area contributed by atoms with E-state index in [-0.39, 0.29) is 5.41 Å². The highest BCUT2D eigenvalue weighted by molar-refractivity contribution is 5.36. The van der Waals surface area contributed by atoms with Crippen molar-refractivity contribution in [3.05, 3.63) is 73.3 Å². The summed E-state index contributed by atoms with van der Waals surface area (Å²) in [6.45, 7) is 12.3. The standard InChI is InChI=1S/C10H14O.C6H6O.C2H4/c1-10(2,3)8-6-4-5-7-9(8)11;7-6-4-2-1-3-5-6;1-2/h4-7,11H,1-3H3;1-5,7H;1-2H2. The van der Waals surface area contributed by atoms with E-state index in [4.69, 9.17) is 5.11 Å². The Morgan fingerprint density at radius 3 is 1.50 bits per heavy atom. The maximum Gasteiger partial charge on any atom is 0.119 e. The van der Waals surface area contributed by atoms with Crippen LogP contribution in [0.25, 0.3) is 0 Å². The molecular weight excluding hydrogens is 248 g/mol. The lowest BCUT2D eigenvalue weighted by molar-refractivity contribution is 0.447.